The van der Waals surface area contributed by atoms with Gasteiger partial charge in [-0.15, -0.1) is 0 Å². The smallest absolute Gasteiger partial charge is 0.271 e. The quantitative estimate of drug-likeness (QED) is 0.615. The minimum absolute atomic E-state index is 0.00448. The van der Waals surface area contributed by atoms with Gasteiger partial charge in [0.25, 0.3) is 5.69 Å². The number of nitrogens with zero attached hydrogens (tertiary/aromatic N) is 3. The minimum Gasteiger partial charge on any atom is -0.271 e. The molecule has 0 atom stereocenters. The SMILES string of the molecule is CS(=O)(=O)CCn1cc(-c2ccccc2[N+](=O)[O-])cn1. The zero-order valence-corrected chi connectivity index (χ0v) is 11.6. The first-order chi connectivity index (χ1) is 9.37. The van der Waals surface area contributed by atoms with Gasteiger partial charge in [0.15, 0.2) is 0 Å². The Labute approximate surface area is 115 Å². The van der Waals surface area contributed by atoms with Crippen molar-refractivity contribution in [3.05, 3.63) is 46.8 Å². The van der Waals surface area contributed by atoms with Crippen LogP contribution in [0.15, 0.2) is 36.7 Å². The Bertz CT molecular complexity index is 737. The van der Waals surface area contributed by atoms with Crippen LogP contribution in [0.2, 0.25) is 0 Å². The molecule has 0 aliphatic carbocycles. The molecule has 1 heterocycles. The number of hydrogen-bond donors (Lipinski definition) is 0. The van der Waals surface area contributed by atoms with Crippen LogP contribution in [-0.2, 0) is 16.4 Å². The summed E-state index contributed by atoms with van der Waals surface area (Å²) in [6.07, 6.45) is 4.25. The molecule has 0 fully saturated rings. The highest BCUT2D eigenvalue weighted by Gasteiger charge is 2.15. The summed E-state index contributed by atoms with van der Waals surface area (Å²) in [5.74, 6) is -0.0228. The zero-order chi connectivity index (χ0) is 14.8. The van der Waals surface area contributed by atoms with Crippen LogP contribution < -0.4 is 0 Å². The molecule has 0 radical (unpaired) electrons. The number of benzene rings is 1. The van der Waals surface area contributed by atoms with E-state index in [0.717, 1.165) is 6.26 Å². The number of rotatable bonds is 5. The summed E-state index contributed by atoms with van der Waals surface area (Å²) in [6.45, 7) is 0.222. The van der Waals surface area contributed by atoms with Crippen LogP contribution in [0.4, 0.5) is 5.69 Å². The van der Waals surface area contributed by atoms with E-state index in [1.165, 1.54) is 16.9 Å². The third kappa shape index (κ3) is 3.41. The Morgan fingerprint density at radius 3 is 2.70 bits per heavy atom. The van der Waals surface area contributed by atoms with E-state index in [1.54, 1.807) is 24.4 Å². The molecule has 106 valence electrons. The van der Waals surface area contributed by atoms with Crippen LogP contribution >= 0.6 is 0 Å². The van der Waals surface area contributed by atoms with Gasteiger partial charge in [0, 0.05) is 24.1 Å². The minimum atomic E-state index is -3.07. The lowest BCUT2D eigenvalue weighted by Crippen LogP contribution is -2.11. The topological polar surface area (TPSA) is 95.1 Å². The largest absolute Gasteiger partial charge is 0.277 e. The fraction of sp³-hybridized carbons (Fsp3) is 0.250. The summed E-state index contributed by atoms with van der Waals surface area (Å²) in [5, 5.41) is 15.0. The second-order valence-corrected chi connectivity index (χ2v) is 6.66. The summed E-state index contributed by atoms with van der Waals surface area (Å²) in [7, 11) is -3.07. The Hall–Kier alpha value is -2.22. The number of nitro groups is 1. The van der Waals surface area contributed by atoms with Gasteiger partial charge in [-0.1, -0.05) is 12.1 Å². The molecule has 2 aromatic rings. The summed E-state index contributed by atoms with van der Waals surface area (Å²) in [4.78, 5) is 10.5. The van der Waals surface area contributed by atoms with Crippen LogP contribution in [0.1, 0.15) is 0 Å². The molecule has 0 saturated carbocycles. The first kappa shape index (κ1) is 14.2. The van der Waals surface area contributed by atoms with Crippen molar-refractivity contribution < 1.29 is 13.3 Å². The predicted octanol–water partition coefficient (Wildman–Crippen LogP) is 1.50. The fourth-order valence-electron chi connectivity index (χ4n) is 1.76. The van der Waals surface area contributed by atoms with Gasteiger partial charge in [0.2, 0.25) is 0 Å². The highest BCUT2D eigenvalue weighted by atomic mass is 32.2. The number of sulfone groups is 1. The monoisotopic (exact) mass is 295 g/mol. The summed E-state index contributed by atoms with van der Waals surface area (Å²) in [5.41, 5.74) is 1.05. The van der Waals surface area contributed by atoms with Crippen molar-refractivity contribution in [3.8, 4) is 11.1 Å². The Balaban J connectivity index is 2.27. The Kier molecular flexibility index (Phi) is 3.84. The van der Waals surface area contributed by atoms with Crippen molar-refractivity contribution in [1.82, 2.24) is 9.78 Å². The van der Waals surface area contributed by atoms with Gasteiger partial charge >= 0.3 is 0 Å². The van der Waals surface area contributed by atoms with Crippen LogP contribution in [0.5, 0.6) is 0 Å². The molecule has 1 aromatic heterocycles. The molecule has 0 amide bonds. The lowest BCUT2D eigenvalue weighted by atomic mass is 10.1. The average molecular weight is 295 g/mol. The van der Waals surface area contributed by atoms with E-state index in [9.17, 15) is 18.5 Å². The molecular weight excluding hydrogens is 282 g/mol. The van der Waals surface area contributed by atoms with Gasteiger partial charge in [0.1, 0.15) is 9.84 Å². The van der Waals surface area contributed by atoms with E-state index in [1.807, 2.05) is 0 Å². The third-order valence-electron chi connectivity index (χ3n) is 2.74. The molecule has 0 bridgehead atoms. The van der Waals surface area contributed by atoms with Crippen molar-refractivity contribution in [2.75, 3.05) is 12.0 Å². The number of para-hydroxylation sites is 1. The molecule has 8 heteroatoms. The molecule has 0 unspecified atom stereocenters. The van der Waals surface area contributed by atoms with Gasteiger partial charge in [-0.25, -0.2) is 8.42 Å². The molecule has 0 saturated heterocycles. The van der Waals surface area contributed by atoms with Crippen molar-refractivity contribution in [2.45, 2.75) is 6.54 Å². The molecule has 1 aromatic carbocycles. The van der Waals surface area contributed by atoms with E-state index >= 15 is 0 Å². The van der Waals surface area contributed by atoms with Crippen LogP contribution in [0.25, 0.3) is 11.1 Å². The lowest BCUT2D eigenvalue weighted by Gasteiger charge is -2.00. The zero-order valence-electron chi connectivity index (χ0n) is 10.8. The van der Waals surface area contributed by atoms with Crippen molar-refractivity contribution in [2.24, 2.45) is 0 Å². The second kappa shape index (κ2) is 5.41. The van der Waals surface area contributed by atoms with Crippen LogP contribution in [0, 0.1) is 10.1 Å². The highest BCUT2D eigenvalue weighted by Crippen LogP contribution is 2.28. The first-order valence-electron chi connectivity index (χ1n) is 5.81. The molecule has 20 heavy (non-hydrogen) atoms. The molecule has 2 rings (SSSR count). The second-order valence-electron chi connectivity index (χ2n) is 4.40. The van der Waals surface area contributed by atoms with E-state index in [0.29, 0.717) is 11.1 Å². The van der Waals surface area contributed by atoms with Gasteiger partial charge in [0.05, 0.1) is 29.0 Å². The van der Waals surface area contributed by atoms with E-state index in [2.05, 4.69) is 5.10 Å². The molecule has 0 aliphatic heterocycles. The number of hydrogen-bond acceptors (Lipinski definition) is 5. The Morgan fingerprint density at radius 1 is 1.35 bits per heavy atom. The standard InChI is InChI=1S/C12H13N3O4S/c1-20(18,19)7-6-14-9-10(8-13-14)11-4-2-3-5-12(11)15(16)17/h2-5,8-9H,6-7H2,1H3. The van der Waals surface area contributed by atoms with Gasteiger partial charge in [-0.2, -0.15) is 5.10 Å². The summed E-state index contributed by atoms with van der Waals surface area (Å²) < 4.78 is 23.7. The maximum atomic E-state index is 11.1. The lowest BCUT2D eigenvalue weighted by molar-refractivity contribution is -0.384. The first-order valence-corrected chi connectivity index (χ1v) is 7.87. The molecule has 0 spiro atoms. The van der Waals surface area contributed by atoms with Gasteiger partial charge in [-0.05, 0) is 6.07 Å². The van der Waals surface area contributed by atoms with Crippen LogP contribution in [0.3, 0.4) is 0 Å². The number of aromatic nitrogens is 2. The summed E-state index contributed by atoms with van der Waals surface area (Å²) in [6, 6.07) is 6.35. The molecular formula is C12H13N3O4S. The van der Waals surface area contributed by atoms with Crippen molar-refractivity contribution >= 4 is 15.5 Å². The average Bonchev–Trinajstić information content (AvgIpc) is 2.84. The van der Waals surface area contributed by atoms with E-state index < -0.39 is 14.8 Å². The molecule has 7 nitrogen and oxygen atoms in total. The maximum absolute atomic E-state index is 11.1. The highest BCUT2D eigenvalue weighted by molar-refractivity contribution is 7.90. The van der Waals surface area contributed by atoms with Gasteiger partial charge in [-0.3, -0.25) is 14.8 Å². The van der Waals surface area contributed by atoms with E-state index in [-0.39, 0.29) is 18.0 Å². The fourth-order valence-corrected chi connectivity index (χ4v) is 2.28. The van der Waals surface area contributed by atoms with Crippen molar-refractivity contribution in [1.29, 1.82) is 0 Å². The van der Waals surface area contributed by atoms with Gasteiger partial charge < -0.3 is 0 Å². The van der Waals surface area contributed by atoms with Crippen LogP contribution in [-0.4, -0.2) is 35.1 Å². The maximum Gasteiger partial charge on any atom is 0.277 e. The molecule has 0 N–H and O–H groups in total. The normalized spacial score (nSPS) is 11.4. The Morgan fingerprint density at radius 2 is 2.05 bits per heavy atom. The molecule has 0 aliphatic rings. The van der Waals surface area contributed by atoms with E-state index in [4.69, 9.17) is 0 Å². The summed E-state index contributed by atoms with van der Waals surface area (Å²) >= 11 is 0. The predicted molar refractivity (Wildman–Crippen MR) is 74.0 cm³/mol. The van der Waals surface area contributed by atoms with Crippen molar-refractivity contribution in [3.63, 3.8) is 0 Å². The number of nitro benzene ring substituents is 1. The number of aryl methyl sites for hydroxylation is 1. The third-order valence-corrected chi connectivity index (χ3v) is 3.66.